The van der Waals surface area contributed by atoms with Gasteiger partial charge in [0.1, 0.15) is 5.58 Å². The van der Waals surface area contributed by atoms with Crippen molar-refractivity contribution in [2.75, 3.05) is 0 Å². The molecule has 0 bridgehead atoms. The van der Waals surface area contributed by atoms with E-state index >= 15 is 0 Å². The van der Waals surface area contributed by atoms with Crippen molar-refractivity contribution in [2.45, 2.75) is 6.92 Å². The summed E-state index contributed by atoms with van der Waals surface area (Å²) < 4.78 is 5.47. The molecule has 0 spiro atoms. The van der Waals surface area contributed by atoms with Crippen molar-refractivity contribution in [3.8, 4) is 17.2 Å². The molecular formula is C16H12O5. The molecule has 1 aromatic heterocycles. The number of ketones is 1. The van der Waals surface area contributed by atoms with Crippen LogP contribution in [0.2, 0.25) is 0 Å². The zero-order valence-electron chi connectivity index (χ0n) is 11.1. The minimum atomic E-state index is -0.660. The molecule has 0 amide bonds. The van der Waals surface area contributed by atoms with E-state index in [0.717, 1.165) is 23.1 Å². The van der Waals surface area contributed by atoms with Gasteiger partial charge in [-0.15, -0.1) is 0 Å². The Kier molecular flexibility index (Phi) is 2.83. The third-order valence-electron chi connectivity index (χ3n) is 3.23. The summed E-state index contributed by atoms with van der Waals surface area (Å²) in [5.74, 6) is -2.18. The summed E-state index contributed by atoms with van der Waals surface area (Å²) in [6.45, 7) is 1.93. The lowest BCUT2D eigenvalue weighted by molar-refractivity contribution is 0.101. The molecule has 0 saturated carbocycles. The first-order valence-corrected chi connectivity index (χ1v) is 6.25. The normalized spacial score (nSPS) is 10.9. The van der Waals surface area contributed by atoms with Crippen LogP contribution < -0.4 is 0 Å². The van der Waals surface area contributed by atoms with E-state index in [-0.39, 0.29) is 11.3 Å². The van der Waals surface area contributed by atoms with Crippen LogP contribution in [0.3, 0.4) is 0 Å². The number of hydrogen-bond acceptors (Lipinski definition) is 5. The second-order valence-electron chi connectivity index (χ2n) is 4.84. The van der Waals surface area contributed by atoms with Gasteiger partial charge < -0.3 is 19.7 Å². The van der Waals surface area contributed by atoms with Crippen LogP contribution in [0.15, 0.2) is 40.8 Å². The molecule has 5 nitrogen and oxygen atoms in total. The van der Waals surface area contributed by atoms with Gasteiger partial charge >= 0.3 is 0 Å². The number of fused-ring (bicyclic) bond motifs is 1. The molecule has 1 heterocycles. The Morgan fingerprint density at radius 1 is 1.00 bits per heavy atom. The standard InChI is InChI=1S/C16H12O5/c1-8-2-3-13-9(4-8)7-14(21-13)15(19)10-5-11(17)16(20)12(18)6-10/h2-7,17-18,20H,1H3. The van der Waals surface area contributed by atoms with Gasteiger partial charge in [-0.25, -0.2) is 0 Å². The Labute approximate surface area is 119 Å². The number of aryl methyl sites for hydroxylation is 1. The topological polar surface area (TPSA) is 90.9 Å². The highest BCUT2D eigenvalue weighted by molar-refractivity contribution is 6.09. The maximum atomic E-state index is 12.3. The lowest BCUT2D eigenvalue weighted by Gasteiger charge is -2.03. The van der Waals surface area contributed by atoms with Gasteiger partial charge in [0, 0.05) is 10.9 Å². The Bertz CT molecular complexity index is 837. The molecule has 0 saturated heterocycles. The third kappa shape index (κ3) is 2.18. The summed E-state index contributed by atoms with van der Waals surface area (Å²) >= 11 is 0. The van der Waals surface area contributed by atoms with Crippen molar-refractivity contribution in [2.24, 2.45) is 0 Å². The fraction of sp³-hybridized carbons (Fsp3) is 0.0625. The number of benzene rings is 2. The van der Waals surface area contributed by atoms with Crippen molar-refractivity contribution >= 4 is 16.8 Å². The average Bonchev–Trinajstić information content (AvgIpc) is 2.86. The van der Waals surface area contributed by atoms with Crippen molar-refractivity contribution in [1.29, 1.82) is 0 Å². The van der Waals surface area contributed by atoms with Gasteiger partial charge in [-0.2, -0.15) is 0 Å². The summed E-state index contributed by atoms with van der Waals surface area (Å²) in [4.78, 5) is 12.3. The zero-order valence-corrected chi connectivity index (χ0v) is 11.1. The number of furan rings is 1. The number of hydrogen-bond donors (Lipinski definition) is 3. The van der Waals surface area contributed by atoms with Crippen molar-refractivity contribution in [1.82, 2.24) is 0 Å². The predicted molar refractivity (Wildman–Crippen MR) is 75.8 cm³/mol. The highest BCUT2D eigenvalue weighted by Crippen LogP contribution is 2.36. The number of carbonyl (C=O) groups is 1. The van der Waals surface area contributed by atoms with Gasteiger partial charge in [-0.1, -0.05) is 11.6 Å². The highest BCUT2D eigenvalue weighted by Gasteiger charge is 2.18. The molecule has 21 heavy (non-hydrogen) atoms. The lowest BCUT2D eigenvalue weighted by Crippen LogP contribution is -1.99. The van der Waals surface area contributed by atoms with Crippen LogP contribution >= 0.6 is 0 Å². The number of phenolic OH excluding ortho intramolecular Hbond substituents is 3. The summed E-state index contributed by atoms with van der Waals surface area (Å²) in [6.07, 6.45) is 0. The van der Waals surface area contributed by atoms with Crippen molar-refractivity contribution in [3.05, 3.63) is 53.3 Å². The van der Waals surface area contributed by atoms with E-state index in [2.05, 4.69) is 0 Å². The van der Waals surface area contributed by atoms with Crippen LogP contribution in [0.5, 0.6) is 17.2 Å². The average molecular weight is 284 g/mol. The number of phenols is 3. The molecule has 2 aromatic carbocycles. The molecule has 0 atom stereocenters. The maximum Gasteiger partial charge on any atom is 0.228 e. The summed E-state index contributed by atoms with van der Waals surface area (Å²) in [5.41, 5.74) is 1.65. The lowest BCUT2D eigenvalue weighted by atomic mass is 10.1. The van der Waals surface area contributed by atoms with Crippen molar-refractivity contribution in [3.63, 3.8) is 0 Å². The second-order valence-corrected chi connectivity index (χ2v) is 4.84. The molecule has 0 aliphatic carbocycles. The first-order valence-electron chi connectivity index (χ1n) is 6.25. The van der Waals surface area contributed by atoms with Crippen LogP contribution in [-0.4, -0.2) is 21.1 Å². The van der Waals surface area contributed by atoms with Crippen molar-refractivity contribution < 1.29 is 24.5 Å². The van der Waals surface area contributed by atoms with Gasteiger partial charge in [0.2, 0.25) is 5.78 Å². The fourth-order valence-electron chi connectivity index (χ4n) is 2.15. The van der Waals surface area contributed by atoms with E-state index in [1.807, 2.05) is 19.1 Å². The summed E-state index contributed by atoms with van der Waals surface area (Å²) in [6, 6.07) is 9.30. The highest BCUT2D eigenvalue weighted by atomic mass is 16.3. The Hall–Kier alpha value is -2.95. The van der Waals surface area contributed by atoms with Crippen LogP contribution in [-0.2, 0) is 0 Å². The van der Waals surface area contributed by atoms with Crippen LogP contribution in [0.1, 0.15) is 21.7 Å². The van der Waals surface area contributed by atoms with E-state index < -0.39 is 23.0 Å². The molecule has 0 aliphatic heterocycles. The zero-order chi connectivity index (χ0) is 15.1. The molecule has 0 fully saturated rings. The maximum absolute atomic E-state index is 12.3. The van der Waals surface area contributed by atoms with Gasteiger partial charge in [0.05, 0.1) is 0 Å². The van der Waals surface area contributed by atoms with Crippen LogP contribution in [0.25, 0.3) is 11.0 Å². The van der Waals surface area contributed by atoms with Gasteiger partial charge in [-0.3, -0.25) is 4.79 Å². The minimum Gasteiger partial charge on any atom is -0.504 e. The largest absolute Gasteiger partial charge is 0.504 e. The first kappa shape index (κ1) is 13.1. The van der Waals surface area contributed by atoms with E-state index in [9.17, 15) is 20.1 Å². The fourth-order valence-corrected chi connectivity index (χ4v) is 2.15. The molecule has 3 aromatic rings. The quantitative estimate of drug-likeness (QED) is 0.497. The predicted octanol–water partition coefficient (Wildman–Crippen LogP) is 3.09. The number of aromatic hydroxyl groups is 3. The number of carbonyl (C=O) groups excluding carboxylic acids is 1. The van der Waals surface area contributed by atoms with Crippen LogP contribution in [0.4, 0.5) is 0 Å². The second kappa shape index (κ2) is 4.56. The molecule has 3 rings (SSSR count). The van der Waals surface area contributed by atoms with E-state index in [4.69, 9.17) is 4.42 Å². The monoisotopic (exact) mass is 284 g/mol. The summed E-state index contributed by atoms with van der Waals surface area (Å²) in [5, 5.41) is 29.0. The Morgan fingerprint density at radius 2 is 1.67 bits per heavy atom. The van der Waals surface area contributed by atoms with Crippen LogP contribution in [0, 0.1) is 6.92 Å². The Balaban J connectivity index is 2.08. The Morgan fingerprint density at radius 3 is 2.33 bits per heavy atom. The molecule has 5 heteroatoms. The van der Waals surface area contributed by atoms with Gasteiger partial charge in [-0.05, 0) is 37.3 Å². The van der Waals surface area contributed by atoms with Gasteiger partial charge in [0.25, 0.3) is 0 Å². The van der Waals surface area contributed by atoms with Gasteiger partial charge in [0.15, 0.2) is 23.0 Å². The molecule has 0 unspecified atom stereocenters. The smallest absolute Gasteiger partial charge is 0.228 e. The minimum absolute atomic E-state index is 0.0265. The van der Waals surface area contributed by atoms with E-state index in [1.54, 1.807) is 12.1 Å². The van der Waals surface area contributed by atoms with E-state index in [0.29, 0.717) is 5.58 Å². The molecule has 3 N–H and O–H groups in total. The third-order valence-corrected chi connectivity index (χ3v) is 3.23. The molecule has 0 aliphatic rings. The SMILES string of the molecule is Cc1ccc2oc(C(=O)c3cc(O)c(O)c(O)c3)cc2c1. The molecule has 106 valence electrons. The first-order chi connectivity index (χ1) is 9.95. The number of rotatable bonds is 2. The molecular weight excluding hydrogens is 272 g/mol. The van der Waals surface area contributed by atoms with E-state index in [1.165, 1.54) is 0 Å². The summed E-state index contributed by atoms with van der Waals surface area (Å²) in [7, 11) is 0. The molecule has 0 radical (unpaired) electrons.